The molecule has 1 saturated carbocycles. The number of Topliss-reactive ketones (excluding diaryl/α,β-unsaturated/α-hetero) is 3. The highest BCUT2D eigenvalue weighted by atomic mass is 16.5. The molecule has 204 valence electrons. The average molecular weight is 519 g/mol. The normalized spacial score (nSPS) is 29.9. The monoisotopic (exact) mass is 518 g/mol. The van der Waals surface area contributed by atoms with Crippen LogP contribution < -0.4 is 0 Å². The van der Waals surface area contributed by atoms with Gasteiger partial charge in [0, 0.05) is 12.0 Å². The Kier molecular flexibility index (Phi) is 7.01. The van der Waals surface area contributed by atoms with Gasteiger partial charge in [-0.2, -0.15) is 0 Å². The number of hydrogen-bond donors (Lipinski definition) is 1. The van der Waals surface area contributed by atoms with Gasteiger partial charge in [0.2, 0.25) is 0 Å². The zero-order valence-corrected chi connectivity index (χ0v) is 24.1. The number of carbonyl (C=O) groups is 3. The summed E-state index contributed by atoms with van der Waals surface area (Å²) >= 11 is 0. The third kappa shape index (κ3) is 4.14. The third-order valence-corrected chi connectivity index (χ3v) is 9.29. The van der Waals surface area contributed by atoms with Crippen molar-refractivity contribution in [3.05, 3.63) is 70.5 Å². The van der Waals surface area contributed by atoms with Crippen molar-refractivity contribution in [2.75, 3.05) is 0 Å². The Labute approximate surface area is 227 Å². The van der Waals surface area contributed by atoms with E-state index in [0.29, 0.717) is 12.0 Å². The van der Waals surface area contributed by atoms with Gasteiger partial charge in [-0.15, -0.1) is 0 Å². The molecular weight excluding hydrogens is 476 g/mol. The molecule has 5 heteroatoms. The lowest BCUT2D eigenvalue weighted by Crippen LogP contribution is -2.65. The lowest BCUT2D eigenvalue weighted by Gasteiger charge is -2.59. The van der Waals surface area contributed by atoms with Crippen molar-refractivity contribution in [1.82, 2.24) is 0 Å². The van der Waals surface area contributed by atoms with Crippen LogP contribution >= 0.6 is 0 Å². The summed E-state index contributed by atoms with van der Waals surface area (Å²) in [5.74, 6) is -0.838. The Morgan fingerprint density at radius 1 is 1.03 bits per heavy atom. The van der Waals surface area contributed by atoms with Gasteiger partial charge >= 0.3 is 0 Å². The highest BCUT2D eigenvalue weighted by molar-refractivity contribution is 6.35. The topological polar surface area (TPSA) is 80.7 Å². The van der Waals surface area contributed by atoms with Crippen LogP contribution in [0, 0.1) is 22.2 Å². The average Bonchev–Trinajstić information content (AvgIpc) is 3.25. The maximum absolute atomic E-state index is 14.9. The van der Waals surface area contributed by atoms with E-state index in [1.807, 2.05) is 26.0 Å². The Morgan fingerprint density at radius 2 is 1.63 bits per heavy atom. The fourth-order valence-electron chi connectivity index (χ4n) is 6.77. The number of rotatable bonds is 7. The van der Waals surface area contributed by atoms with E-state index in [1.165, 1.54) is 5.57 Å². The number of carbonyl (C=O) groups excluding carboxylic acids is 3. The van der Waals surface area contributed by atoms with Crippen LogP contribution in [0.2, 0.25) is 0 Å². The quantitative estimate of drug-likeness (QED) is 0.191. The second-order valence-corrected chi connectivity index (χ2v) is 13.1. The number of aliphatic hydroxyl groups is 1. The Balaban J connectivity index is 2.07. The summed E-state index contributed by atoms with van der Waals surface area (Å²) < 4.78 is 6.42. The van der Waals surface area contributed by atoms with Gasteiger partial charge in [0.1, 0.15) is 17.4 Å². The Morgan fingerprint density at radius 3 is 2.18 bits per heavy atom. The maximum Gasteiger partial charge on any atom is 0.200 e. The molecule has 5 nitrogen and oxygen atoms in total. The van der Waals surface area contributed by atoms with Gasteiger partial charge in [0.05, 0.1) is 16.4 Å². The number of ketones is 3. The molecule has 1 aliphatic heterocycles. The summed E-state index contributed by atoms with van der Waals surface area (Å²) in [6, 6.07) is 8.73. The Bertz CT molecular complexity index is 1250. The number of fused-ring (bicyclic) bond motifs is 1. The molecule has 1 saturated heterocycles. The van der Waals surface area contributed by atoms with E-state index < -0.39 is 39.5 Å². The fraction of sp³-hybridized carbons (Fsp3) is 0.545. The summed E-state index contributed by atoms with van der Waals surface area (Å²) in [4.78, 5) is 43.5. The van der Waals surface area contributed by atoms with Gasteiger partial charge in [-0.1, -0.05) is 67.5 Å². The summed E-state index contributed by atoms with van der Waals surface area (Å²) in [6.07, 6.45) is 4.99. The van der Waals surface area contributed by atoms with Crippen LogP contribution in [-0.4, -0.2) is 34.2 Å². The molecule has 2 fully saturated rings. The molecule has 38 heavy (non-hydrogen) atoms. The van der Waals surface area contributed by atoms with E-state index in [-0.39, 0.29) is 35.9 Å². The van der Waals surface area contributed by atoms with E-state index in [9.17, 15) is 19.5 Å². The molecule has 2 bridgehead atoms. The van der Waals surface area contributed by atoms with Gasteiger partial charge < -0.3 is 9.84 Å². The summed E-state index contributed by atoms with van der Waals surface area (Å²) in [5, 5.41) is 11.1. The summed E-state index contributed by atoms with van der Waals surface area (Å²) in [6.45, 7) is 15.5. The van der Waals surface area contributed by atoms with Crippen LogP contribution in [0.3, 0.4) is 0 Å². The molecule has 0 radical (unpaired) electrons. The molecule has 1 heterocycles. The first-order chi connectivity index (χ1) is 17.6. The minimum absolute atomic E-state index is 0.00264. The van der Waals surface area contributed by atoms with Gasteiger partial charge in [-0.25, -0.2) is 0 Å². The smallest absolute Gasteiger partial charge is 0.200 e. The first-order valence-electron chi connectivity index (χ1n) is 13.7. The summed E-state index contributed by atoms with van der Waals surface area (Å²) in [5.41, 5.74) is -1.87. The minimum Gasteiger partial charge on any atom is -0.490 e. The zero-order chi connectivity index (χ0) is 28.3. The second kappa shape index (κ2) is 9.44. The predicted molar refractivity (Wildman–Crippen MR) is 148 cm³/mol. The molecule has 4 atom stereocenters. The van der Waals surface area contributed by atoms with Gasteiger partial charge in [0.25, 0.3) is 0 Å². The molecule has 0 amide bonds. The Hall–Kier alpha value is -2.79. The first kappa shape index (κ1) is 28.2. The third-order valence-electron chi connectivity index (χ3n) is 9.29. The number of hydrogen-bond acceptors (Lipinski definition) is 5. The molecule has 1 N–H and O–H groups in total. The molecule has 4 unspecified atom stereocenters. The van der Waals surface area contributed by atoms with Crippen molar-refractivity contribution >= 4 is 17.3 Å². The fourth-order valence-corrected chi connectivity index (χ4v) is 6.77. The van der Waals surface area contributed by atoms with Gasteiger partial charge in [0.15, 0.2) is 17.3 Å². The molecule has 4 rings (SSSR count). The van der Waals surface area contributed by atoms with Crippen LogP contribution in [0.25, 0.3) is 0 Å². The van der Waals surface area contributed by atoms with E-state index >= 15 is 0 Å². The SMILES string of the molecule is CC(C)=CCC1CC2(CC=C(C)C)C(=O)C(C(=O)c3ccccc3)=C3OC(C(C)(C)O)CC3(C2=O)C1(C)C. The van der Waals surface area contributed by atoms with Crippen LogP contribution in [0.5, 0.6) is 0 Å². The van der Waals surface area contributed by atoms with Crippen molar-refractivity contribution < 1.29 is 24.2 Å². The largest absolute Gasteiger partial charge is 0.490 e. The molecule has 2 aliphatic carbocycles. The minimum atomic E-state index is -1.35. The van der Waals surface area contributed by atoms with Crippen LogP contribution in [0.4, 0.5) is 0 Å². The zero-order valence-electron chi connectivity index (χ0n) is 24.1. The van der Waals surface area contributed by atoms with Crippen molar-refractivity contribution in [3.63, 3.8) is 0 Å². The van der Waals surface area contributed by atoms with E-state index in [0.717, 1.165) is 12.0 Å². The lowest BCUT2D eigenvalue weighted by atomic mass is 9.40. The molecule has 1 aromatic rings. The van der Waals surface area contributed by atoms with Crippen LogP contribution in [-0.2, 0) is 14.3 Å². The summed E-state index contributed by atoms with van der Waals surface area (Å²) in [7, 11) is 0. The molecule has 1 aromatic carbocycles. The number of allylic oxidation sites excluding steroid dienone is 6. The van der Waals surface area contributed by atoms with Crippen LogP contribution in [0.15, 0.2) is 65.0 Å². The van der Waals surface area contributed by atoms with Gasteiger partial charge in [-0.05, 0) is 72.1 Å². The predicted octanol–water partition coefficient (Wildman–Crippen LogP) is 6.57. The highest BCUT2D eigenvalue weighted by Gasteiger charge is 2.75. The molecule has 3 aliphatic rings. The number of benzene rings is 1. The van der Waals surface area contributed by atoms with Crippen molar-refractivity contribution in [2.45, 2.75) is 92.8 Å². The lowest BCUT2D eigenvalue weighted by molar-refractivity contribution is -0.166. The van der Waals surface area contributed by atoms with Gasteiger partial charge in [-0.3, -0.25) is 14.4 Å². The van der Waals surface area contributed by atoms with E-state index in [4.69, 9.17) is 4.74 Å². The molecule has 0 aromatic heterocycles. The molecule has 1 spiro atoms. The van der Waals surface area contributed by atoms with Crippen molar-refractivity contribution in [2.24, 2.45) is 22.2 Å². The molecular formula is C33H42O5. The van der Waals surface area contributed by atoms with Crippen molar-refractivity contribution in [1.29, 1.82) is 0 Å². The number of ether oxygens (including phenoxy) is 1. The maximum atomic E-state index is 14.9. The van der Waals surface area contributed by atoms with E-state index in [2.05, 4.69) is 33.8 Å². The highest BCUT2D eigenvalue weighted by Crippen LogP contribution is 2.70. The first-order valence-corrected chi connectivity index (χ1v) is 13.7. The standard InChI is InChI=1S/C33H42O5/c1-20(2)14-15-23-18-32(17-16-21(3)4)27(35)25(26(34)22-12-10-9-11-13-22)28-33(29(32)36,30(23,5)6)19-24(38-28)31(7,8)37/h9-14,16,23-24,37H,15,17-19H2,1-8H3. The second-order valence-electron chi connectivity index (χ2n) is 13.1. The van der Waals surface area contributed by atoms with Crippen LogP contribution in [0.1, 0.15) is 91.4 Å². The van der Waals surface area contributed by atoms with Crippen molar-refractivity contribution in [3.8, 4) is 0 Å². The van der Waals surface area contributed by atoms with E-state index in [1.54, 1.807) is 38.1 Å².